The maximum Gasteiger partial charge on any atom is 0.308 e. The maximum atomic E-state index is 13.1. The average Bonchev–Trinajstić information content (AvgIpc) is 2.69. The third kappa shape index (κ3) is 4.76. The summed E-state index contributed by atoms with van der Waals surface area (Å²) in [6, 6.07) is 20.1. The Morgan fingerprint density at radius 3 is 2.33 bits per heavy atom. The van der Waals surface area contributed by atoms with E-state index in [4.69, 9.17) is 0 Å². The number of piperidine rings is 1. The summed E-state index contributed by atoms with van der Waals surface area (Å²) in [4.78, 5) is 26.3. The highest BCUT2D eigenvalue weighted by Crippen LogP contribution is 2.29. The van der Waals surface area contributed by atoms with Gasteiger partial charge in [-0.15, -0.1) is 0 Å². The van der Waals surface area contributed by atoms with Gasteiger partial charge in [-0.1, -0.05) is 60.7 Å². The molecule has 3 rings (SSSR count). The minimum Gasteiger partial charge on any atom is -0.481 e. The summed E-state index contributed by atoms with van der Waals surface area (Å²) in [5, 5.41) is 9.42. The number of amides is 1. The van der Waals surface area contributed by atoms with Crippen LogP contribution in [-0.4, -0.2) is 34.5 Å². The molecule has 1 heterocycles. The van der Waals surface area contributed by atoms with E-state index in [0.29, 0.717) is 19.4 Å². The second kappa shape index (κ2) is 8.85. The molecule has 1 amide bonds. The molecule has 1 aliphatic heterocycles. The van der Waals surface area contributed by atoms with E-state index in [9.17, 15) is 14.7 Å². The van der Waals surface area contributed by atoms with Gasteiger partial charge in [0.15, 0.2) is 0 Å². The van der Waals surface area contributed by atoms with Crippen molar-refractivity contribution in [3.05, 3.63) is 71.8 Å². The van der Waals surface area contributed by atoms with Gasteiger partial charge in [-0.25, -0.2) is 0 Å². The quantitative estimate of drug-likeness (QED) is 0.838. The van der Waals surface area contributed by atoms with Crippen molar-refractivity contribution >= 4 is 11.9 Å². The molecule has 1 saturated heterocycles. The first kappa shape index (κ1) is 19.2. The van der Waals surface area contributed by atoms with Gasteiger partial charge in [0.05, 0.1) is 5.92 Å². The SMILES string of the molecule is C[C@@H]1[C@H](C(=O)O)CCCN1C(=O)CC(Cc1ccccc1)c1ccccc1. The van der Waals surface area contributed by atoms with Gasteiger partial charge in [-0.2, -0.15) is 0 Å². The topological polar surface area (TPSA) is 57.6 Å². The fraction of sp³-hybridized carbons (Fsp3) is 0.391. The van der Waals surface area contributed by atoms with Crippen LogP contribution >= 0.6 is 0 Å². The molecule has 0 bridgehead atoms. The highest BCUT2D eigenvalue weighted by molar-refractivity contribution is 5.79. The smallest absolute Gasteiger partial charge is 0.308 e. The van der Waals surface area contributed by atoms with E-state index in [2.05, 4.69) is 24.3 Å². The second-order valence-corrected chi connectivity index (χ2v) is 7.42. The molecule has 3 atom stereocenters. The molecule has 1 aliphatic rings. The highest BCUT2D eigenvalue weighted by Gasteiger charge is 2.35. The molecular formula is C23H27NO3. The monoisotopic (exact) mass is 365 g/mol. The van der Waals surface area contributed by atoms with Crippen LogP contribution in [-0.2, 0) is 16.0 Å². The molecule has 4 nitrogen and oxygen atoms in total. The lowest BCUT2D eigenvalue weighted by atomic mass is 9.86. The lowest BCUT2D eigenvalue weighted by Crippen LogP contribution is -2.49. The molecule has 1 unspecified atom stereocenters. The van der Waals surface area contributed by atoms with Crippen LogP contribution in [0.15, 0.2) is 60.7 Å². The maximum absolute atomic E-state index is 13.1. The Morgan fingerprint density at radius 1 is 1.07 bits per heavy atom. The number of carboxylic acid groups (broad SMARTS) is 1. The minimum atomic E-state index is -0.802. The van der Waals surface area contributed by atoms with E-state index in [0.717, 1.165) is 18.4 Å². The van der Waals surface area contributed by atoms with Gasteiger partial charge >= 0.3 is 5.97 Å². The number of carbonyl (C=O) groups excluding carboxylic acids is 1. The molecule has 0 aliphatic carbocycles. The first-order valence-electron chi connectivity index (χ1n) is 9.67. The first-order chi connectivity index (χ1) is 13.1. The summed E-state index contributed by atoms with van der Waals surface area (Å²) in [5.74, 6) is -1.13. The van der Waals surface area contributed by atoms with Crippen LogP contribution < -0.4 is 0 Å². The molecular weight excluding hydrogens is 338 g/mol. The van der Waals surface area contributed by atoms with Crippen molar-refractivity contribution in [2.45, 2.75) is 44.6 Å². The number of rotatable bonds is 6. The third-order valence-electron chi connectivity index (χ3n) is 5.64. The summed E-state index contributed by atoms with van der Waals surface area (Å²) in [7, 11) is 0. The Kier molecular flexibility index (Phi) is 6.28. The number of nitrogens with zero attached hydrogens (tertiary/aromatic N) is 1. The number of likely N-dealkylation sites (tertiary alicyclic amines) is 1. The van der Waals surface area contributed by atoms with Crippen LogP contribution in [0.3, 0.4) is 0 Å². The molecule has 0 aromatic heterocycles. The molecule has 2 aromatic carbocycles. The van der Waals surface area contributed by atoms with E-state index in [-0.39, 0.29) is 17.9 Å². The first-order valence-corrected chi connectivity index (χ1v) is 9.67. The van der Waals surface area contributed by atoms with Crippen molar-refractivity contribution in [2.75, 3.05) is 6.54 Å². The standard InChI is InChI=1S/C23H27NO3/c1-17-21(23(26)27)13-8-14-24(17)22(25)16-20(19-11-6-3-7-12-19)15-18-9-4-2-5-10-18/h2-7,9-12,17,20-21H,8,13-16H2,1H3,(H,26,27)/t17-,20?,21-/m1/s1. The number of hydrogen-bond donors (Lipinski definition) is 1. The van der Waals surface area contributed by atoms with Gasteiger partial charge in [-0.3, -0.25) is 9.59 Å². The highest BCUT2D eigenvalue weighted by atomic mass is 16.4. The van der Waals surface area contributed by atoms with E-state index in [1.54, 1.807) is 4.90 Å². The van der Waals surface area contributed by atoms with Gasteiger partial charge < -0.3 is 10.0 Å². The molecule has 0 spiro atoms. The number of hydrogen-bond acceptors (Lipinski definition) is 2. The van der Waals surface area contributed by atoms with Crippen LogP contribution in [0.2, 0.25) is 0 Å². The Labute approximate surface area is 160 Å². The van der Waals surface area contributed by atoms with E-state index in [1.807, 2.05) is 43.3 Å². The Bertz CT molecular complexity index is 760. The van der Waals surface area contributed by atoms with Gasteiger partial charge in [0.25, 0.3) is 0 Å². The van der Waals surface area contributed by atoms with Crippen molar-refractivity contribution in [3.8, 4) is 0 Å². The normalized spacial score (nSPS) is 20.9. The van der Waals surface area contributed by atoms with Gasteiger partial charge in [-0.05, 0) is 43.2 Å². The molecule has 4 heteroatoms. The molecule has 27 heavy (non-hydrogen) atoms. The van der Waals surface area contributed by atoms with E-state index < -0.39 is 11.9 Å². The second-order valence-electron chi connectivity index (χ2n) is 7.42. The number of carboxylic acids is 1. The zero-order valence-electron chi connectivity index (χ0n) is 15.8. The Hall–Kier alpha value is -2.62. The third-order valence-corrected chi connectivity index (χ3v) is 5.64. The van der Waals surface area contributed by atoms with E-state index >= 15 is 0 Å². The molecule has 1 N–H and O–H groups in total. The average molecular weight is 365 g/mol. The lowest BCUT2D eigenvalue weighted by molar-refractivity contribution is -0.149. The van der Waals surface area contributed by atoms with Crippen molar-refractivity contribution < 1.29 is 14.7 Å². The summed E-state index contributed by atoms with van der Waals surface area (Å²) in [6.07, 6.45) is 2.59. The van der Waals surface area contributed by atoms with E-state index in [1.165, 1.54) is 5.56 Å². The zero-order valence-corrected chi connectivity index (χ0v) is 15.8. The van der Waals surface area contributed by atoms with Gasteiger partial charge in [0.1, 0.15) is 0 Å². The Balaban J connectivity index is 1.77. The van der Waals surface area contributed by atoms with Crippen LogP contribution in [0.1, 0.15) is 43.2 Å². The van der Waals surface area contributed by atoms with Crippen LogP contribution in [0.5, 0.6) is 0 Å². The zero-order chi connectivity index (χ0) is 19.2. The minimum absolute atomic E-state index is 0.0539. The van der Waals surface area contributed by atoms with Crippen molar-refractivity contribution in [1.29, 1.82) is 0 Å². The predicted molar refractivity (Wildman–Crippen MR) is 105 cm³/mol. The molecule has 1 fully saturated rings. The van der Waals surface area contributed by atoms with Gasteiger partial charge in [0, 0.05) is 19.0 Å². The largest absolute Gasteiger partial charge is 0.481 e. The van der Waals surface area contributed by atoms with Crippen LogP contribution in [0.25, 0.3) is 0 Å². The Morgan fingerprint density at radius 2 is 1.70 bits per heavy atom. The predicted octanol–water partition coefficient (Wildman–Crippen LogP) is 4.11. The fourth-order valence-electron chi connectivity index (χ4n) is 4.08. The summed E-state index contributed by atoms with van der Waals surface area (Å²) in [6.45, 7) is 2.52. The van der Waals surface area contributed by atoms with Crippen LogP contribution in [0, 0.1) is 5.92 Å². The number of aliphatic carboxylic acids is 1. The fourth-order valence-corrected chi connectivity index (χ4v) is 4.08. The summed E-state index contributed by atoms with van der Waals surface area (Å²) >= 11 is 0. The summed E-state index contributed by atoms with van der Waals surface area (Å²) < 4.78 is 0. The van der Waals surface area contributed by atoms with Crippen molar-refractivity contribution in [1.82, 2.24) is 4.90 Å². The molecule has 0 saturated carbocycles. The van der Waals surface area contributed by atoms with Crippen LogP contribution in [0.4, 0.5) is 0 Å². The number of carbonyl (C=O) groups is 2. The molecule has 142 valence electrons. The van der Waals surface area contributed by atoms with Crippen molar-refractivity contribution in [3.63, 3.8) is 0 Å². The van der Waals surface area contributed by atoms with Gasteiger partial charge in [0.2, 0.25) is 5.91 Å². The number of benzene rings is 2. The summed E-state index contributed by atoms with van der Waals surface area (Å²) in [5.41, 5.74) is 2.35. The molecule has 0 radical (unpaired) electrons. The van der Waals surface area contributed by atoms with Crippen molar-refractivity contribution in [2.24, 2.45) is 5.92 Å². The molecule has 2 aromatic rings. The lowest BCUT2D eigenvalue weighted by Gasteiger charge is -2.38.